The molecule has 0 spiro atoms. The summed E-state index contributed by atoms with van der Waals surface area (Å²) in [4.78, 5) is 19.9. The Balaban J connectivity index is 1.39. The first-order valence-electron chi connectivity index (χ1n) is 9.81. The van der Waals surface area contributed by atoms with E-state index in [0.29, 0.717) is 0 Å². The highest BCUT2D eigenvalue weighted by Crippen LogP contribution is 2.23. The number of rotatable bonds is 3. The van der Waals surface area contributed by atoms with Crippen molar-refractivity contribution in [1.82, 2.24) is 10.3 Å². The van der Waals surface area contributed by atoms with Gasteiger partial charge >= 0.3 is 6.02 Å². The number of hydrogen-bond donors (Lipinski definition) is 1. The average Bonchev–Trinajstić information content (AvgIpc) is 3.05. The minimum Gasteiger partial charge on any atom is -0.441 e. The van der Waals surface area contributed by atoms with E-state index in [1.54, 1.807) is 11.9 Å². The molecule has 4 rings (SSSR count). The molecule has 0 atom stereocenters. The lowest BCUT2D eigenvalue weighted by molar-refractivity contribution is -0.128. The zero-order valence-corrected chi connectivity index (χ0v) is 16.6. The van der Waals surface area contributed by atoms with Gasteiger partial charge in [0, 0.05) is 44.9 Å². The summed E-state index contributed by atoms with van der Waals surface area (Å²) in [6.45, 7) is 5.06. The number of nitrogens with one attached hydrogen (secondary N) is 1. The lowest BCUT2D eigenvalue weighted by atomic mass is 10.2. The molecule has 2 heterocycles. The Bertz CT molecular complexity index is 951. The van der Waals surface area contributed by atoms with Gasteiger partial charge in [0.1, 0.15) is 0 Å². The number of amides is 1. The molecule has 30 heavy (non-hydrogen) atoms. The smallest absolute Gasteiger partial charge is 0.311 e. The van der Waals surface area contributed by atoms with E-state index in [1.165, 1.54) is 6.07 Å². The van der Waals surface area contributed by atoms with Gasteiger partial charge in [-0.15, -0.1) is 0 Å². The topological polar surface area (TPSA) is 60.4 Å². The van der Waals surface area contributed by atoms with Gasteiger partial charge in [-0.05, 0) is 42.8 Å². The number of aliphatic imine (C=N–C) groups is 1. The van der Waals surface area contributed by atoms with E-state index in [0.717, 1.165) is 56.1 Å². The minimum atomic E-state index is -0.956. The molecular weight excluding hydrogens is 392 g/mol. The molecule has 2 aliphatic rings. The SMILES string of the molecule is CC(=O)N1CCCN(c2ccc(N3COC(=Nc4ccc(F)c(F)c4)N3)cc2)CC1. The van der Waals surface area contributed by atoms with Crippen LogP contribution in [0.2, 0.25) is 0 Å². The molecule has 2 fully saturated rings. The summed E-state index contributed by atoms with van der Waals surface area (Å²) in [5.74, 6) is -1.75. The Labute approximate surface area is 173 Å². The second kappa shape index (κ2) is 8.56. The molecule has 0 unspecified atom stereocenters. The van der Waals surface area contributed by atoms with E-state index in [4.69, 9.17) is 4.74 Å². The van der Waals surface area contributed by atoms with Crippen molar-refractivity contribution in [2.45, 2.75) is 13.3 Å². The van der Waals surface area contributed by atoms with Crippen molar-refractivity contribution < 1.29 is 18.3 Å². The summed E-state index contributed by atoms with van der Waals surface area (Å²) in [5, 5.41) is 1.77. The quantitative estimate of drug-likeness (QED) is 0.835. The van der Waals surface area contributed by atoms with Crippen molar-refractivity contribution >= 4 is 29.0 Å². The van der Waals surface area contributed by atoms with E-state index in [1.807, 2.05) is 29.2 Å². The molecule has 2 saturated heterocycles. The fourth-order valence-corrected chi connectivity index (χ4v) is 3.51. The Hall–Kier alpha value is -3.36. The molecule has 0 bridgehead atoms. The van der Waals surface area contributed by atoms with E-state index in [9.17, 15) is 13.6 Å². The number of halogens is 2. The highest BCUT2D eigenvalue weighted by Gasteiger charge is 2.20. The Kier molecular flexibility index (Phi) is 5.69. The molecule has 0 aromatic heterocycles. The second-order valence-corrected chi connectivity index (χ2v) is 7.19. The van der Waals surface area contributed by atoms with Crippen molar-refractivity contribution in [3.8, 4) is 0 Å². The predicted octanol–water partition coefficient (Wildman–Crippen LogP) is 3.01. The van der Waals surface area contributed by atoms with Crippen LogP contribution in [0.1, 0.15) is 13.3 Å². The largest absolute Gasteiger partial charge is 0.441 e. The maximum Gasteiger partial charge on any atom is 0.311 e. The summed E-state index contributed by atoms with van der Waals surface area (Å²) in [6.07, 6.45) is 0.937. The number of nitrogens with zero attached hydrogens (tertiary/aromatic N) is 4. The minimum absolute atomic E-state index is 0.119. The fourth-order valence-electron chi connectivity index (χ4n) is 3.51. The lowest BCUT2D eigenvalue weighted by Crippen LogP contribution is -2.34. The average molecular weight is 415 g/mol. The molecule has 1 N–H and O–H groups in total. The third kappa shape index (κ3) is 4.45. The predicted molar refractivity (Wildman–Crippen MR) is 111 cm³/mol. The molecule has 7 nitrogen and oxygen atoms in total. The normalized spacial score (nSPS) is 18.2. The fraction of sp³-hybridized carbons (Fsp3) is 0.333. The van der Waals surface area contributed by atoms with Crippen molar-refractivity contribution in [3.63, 3.8) is 0 Å². The van der Waals surface area contributed by atoms with Gasteiger partial charge in [-0.2, -0.15) is 4.99 Å². The number of carbonyl (C=O) groups excluding carboxylic acids is 1. The number of hydrazine groups is 1. The molecule has 1 amide bonds. The molecule has 2 aromatic rings. The highest BCUT2D eigenvalue weighted by atomic mass is 19.2. The van der Waals surface area contributed by atoms with Gasteiger partial charge in [-0.3, -0.25) is 4.79 Å². The maximum absolute atomic E-state index is 13.3. The van der Waals surface area contributed by atoms with Gasteiger partial charge < -0.3 is 14.5 Å². The van der Waals surface area contributed by atoms with Crippen LogP contribution in [-0.4, -0.2) is 49.7 Å². The third-order valence-corrected chi connectivity index (χ3v) is 5.16. The monoisotopic (exact) mass is 415 g/mol. The van der Waals surface area contributed by atoms with Crippen LogP contribution >= 0.6 is 0 Å². The summed E-state index contributed by atoms with van der Waals surface area (Å²) in [7, 11) is 0. The van der Waals surface area contributed by atoms with Gasteiger partial charge in [0.25, 0.3) is 0 Å². The van der Waals surface area contributed by atoms with E-state index in [2.05, 4.69) is 15.3 Å². The number of benzene rings is 2. The van der Waals surface area contributed by atoms with Crippen molar-refractivity contribution in [2.24, 2.45) is 4.99 Å². The molecule has 9 heteroatoms. The first-order valence-corrected chi connectivity index (χ1v) is 9.81. The zero-order valence-electron chi connectivity index (χ0n) is 16.6. The van der Waals surface area contributed by atoms with Crippen molar-refractivity contribution in [1.29, 1.82) is 0 Å². The van der Waals surface area contributed by atoms with Crippen LogP contribution in [-0.2, 0) is 9.53 Å². The lowest BCUT2D eigenvalue weighted by Gasteiger charge is -2.24. The van der Waals surface area contributed by atoms with Gasteiger partial charge in [-0.25, -0.2) is 19.2 Å². The third-order valence-electron chi connectivity index (χ3n) is 5.16. The van der Waals surface area contributed by atoms with Crippen molar-refractivity contribution in [2.75, 3.05) is 42.8 Å². The summed E-state index contributed by atoms with van der Waals surface area (Å²) >= 11 is 0. The Morgan fingerprint density at radius 3 is 2.50 bits per heavy atom. The van der Waals surface area contributed by atoms with Gasteiger partial charge in [-0.1, -0.05) is 0 Å². The Morgan fingerprint density at radius 2 is 1.77 bits per heavy atom. The van der Waals surface area contributed by atoms with Crippen LogP contribution in [0, 0.1) is 11.6 Å². The van der Waals surface area contributed by atoms with Gasteiger partial charge in [0.05, 0.1) is 11.4 Å². The molecule has 0 saturated carbocycles. The number of hydrogen-bond acceptors (Lipinski definition) is 5. The summed E-state index contributed by atoms with van der Waals surface area (Å²) in [6, 6.07) is 11.6. The molecule has 158 valence electrons. The number of anilines is 2. The van der Waals surface area contributed by atoms with Gasteiger partial charge in [0.15, 0.2) is 18.4 Å². The van der Waals surface area contributed by atoms with Gasteiger partial charge in [0.2, 0.25) is 5.91 Å². The molecule has 0 aliphatic carbocycles. The second-order valence-electron chi connectivity index (χ2n) is 7.19. The summed E-state index contributed by atoms with van der Waals surface area (Å²) < 4.78 is 31.9. The van der Waals surface area contributed by atoms with Crippen LogP contribution in [0.3, 0.4) is 0 Å². The van der Waals surface area contributed by atoms with Crippen molar-refractivity contribution in [3.05, 3.63) is 54.1 Å². The van der Waals surface area contributed by atoms with Crippen LogP contribution < -0.4 is 15.3 Å². The maximum atomic E-state index is 13.3. The van der Waals surface area contributed by atoms with Crippen LogP contribution in [0.5, 0.6) is 0 Å². The first-order chi connectivity index (χ1) is 14.5. The zero-order chi connectivity index (χ0) is 21.1. The number of carbonyl (C=O) groups is 1. The number of amidine groups is 1. The van der Waals surface area contributed by atoms with Crippen LogP contribution in [0.25, 0.3) is 0 Å². The molecule has 2 aliphatic heterocycles. The van der Waals surface area contributed by atoms with E-state index < -0.39 is 11.6 Å². The molecular formula is C21H23F2N5O2. The molecule has 0 radical (unpaired) electrons. The molecule has 2 aromatic carbocycles. The number of ether oxygens (including phenoxy) is 1. The van der Waals surface area contributed by atoms with E-state index in [-0.39, 0.29) is 24.3 Å². The Morgan fingerprint density at radius 1 is 1.00 bits per heavy atom. The standard InChI is InChI=1S/C21H23F2N5O2/c1-15(29)26-9-2-10-27(12-11-26)17-4-6-18(7-5-17)28-14-30-21(25-28)24-16-3-8-19(22)20(23)13-16/h3-8,13H,2,9-12,14H2,1H3,(H,24,25). The first kappa shape index (κ1) is 19.9. The van der Waals surface area contributed by atoms with E-state index >= 15 is 0 Å². The van der Waals surface area contributed by atoms with Crippen LogP contribution in [0.15, 0.2) is 47.5 Å². The summed E-state index contributed by atoms with van der Waals surface area (Å²) in [5.41, 5.74) is 5.24. The highest BCUT2D eigenvalue weighted by molar-refractivity contribution is 5.81. The van der Waals surface area contributed by atoms with Crippen LogP contribution in [0.4, 0.5) is 25.8 Å².